The highest BCUT2D eigenvalue weighted by molar-refractivity contribution is 6.30. The second kappa shape index (κ2) is 20.8. The lowest BCUT2D eigenvalue weighted by atomic mass is 9.94. The standard InChI is InChI=1S/C42H50ClFN4O3.2ClH/c1-5-38(45-22-12-16-29-13-7-6-8-14-29)46-26-30-15-11-18-31(23-30)40-34-24-33(43)20-21-36(34)48(28-42(2,3)4)41(50)37(51-40)25-39(49)47-27-32-17-9-10-19-35(32)44;;/h6-11,13-15,17-21,23-24,37-38,40,45-46H,5,12,16,22,25-28H2,1-4H3,(H,47,49);2*1H. The third kappa shape index (κ3) is 12.8. The van der Waals surface area contributed by atoms with Crippen LogP contribution in [0.5, 0.6) is 0 Å². The summed E-state index contributed by atoms with van der Waals surface area (Å²) >= 11 is 6.58. The Bertz CT molecular complexity index is 1770. The summed E-state index contributed by atoms with van der Waals surface area (Å²) in [7, 11) is 0. The smallest absolute Gasteiger partial charge is 0.256 e. The molecule has 0 bridgehead atoms. The number of fused-ring (bicyclic) bond motifs is 1. The molecular weight excluding hydrogens is 734 g/mol. The number of hydrogen-bond acceptors (Lipinski definition) is 5. The zero-order chi connectivity index (χ0) is 36.4. The topological polar surface area (TPSA) is 82.7 Å². The number of carbonyl (C=O) groups is 2. The molecular formula is C42H52Cl3FN4O3. The molecule has 0 aromatic heterocycles. The van der Waals surface area contributed by atoms with Gasteiger partial charge in [-0.3, -0.25) is 14.9 Å². The van der Waals surface area contributed by atoms with Crippen molar-refractivity contribution in [2.24, 2.45) is 5.41 Å². The van der Waals surface area contributed by atoms with Crippen LogP contribution in [0.1, 0.15) is 80.9 Å². The lowest BCUT2D eigenvalue weighted by Crippen LogP contribution is -2.45. The Morgan fingerprint density at radius 2 is 1.62 bits per heavy atom. The Balaban J connectivity index is 0.00000378. The molecule has 4 aromatic carbocycles. The molecule has 7 nitrogen and oxygen atoms in total. The van der Waals surface area contributed by atoms with Gasteiger partial charge >= 0.3 is 0 Å². The summed E-state index contributed by atoms with van der Waals surface area (Å²) in [5.41, 5.74) is 4.83. The maximum Gasteiger partial charge on any atom is 0.256 e. The van der Waals surface area contributed by atoms with Gasteiger partial charge in [0, 0.05) is 41.5 Å². The highest BCUT2D eigenvalue weighted by atomic mass is 35.5. The molecule has 0 fully saturated rings. The van der Waals surface area contributed by atoms with E-state index >= 15 is 0 Å². The van der Waals surface area contributed by atoms with Gasteiger partial charge in [0.25, 0.3) is 5.91 Å². The SMILES string of the molecule is CCC(NCCCc1ccccc1)NCc1cccc(C2OC(CC(=O)NCc3ccccc3F)C(=O)N(CC(C)(C)C)c3ccc(Cl)cc32)c1.Cl.Cl. The molecule has 1 aliphatic rings. The minimum absolute atomic E-state index is 0. The van der Waals surface area contributed by atoms with Crippen molar-refractivity contribution < 1.29 is 18.7 Å². The maximum absolute atomic E-state index is 14.3. The van der Waals surface area contributed by atoms with Crippen molar-refractivity contribution in [1.29, 1.82) is 0 Å². The van der Waals surface area contributed by atoms with E-state index in [0.717, 1.165) is 42.5 Å². The number of nitrogens with one attached hydrogen (secondary N) is 3. The predicted molar refractivity (Wildman–Crippen MR) is 217 cm³/mol. The van der Waals surface area contributed by atoms with Crippen LogP contribution in [0.4, 0.5) is 10.1 Å². The predicted octanol–water partition coefficient (Wildman–Crippen LogP) is 8.94. The maximum atomic E-state index is 14.3. The van der Waals surface area contributed by atoms with Crippen molar-refractivity contribution in [1.82, 2.24) is 16.0 Å². The zero-order valence-corrected chi connectivity index (χ0v) is 33.3. The van der Waals surface area contributed by atoms with Gasteiger partial charge < -0.3 is 20.3 Å². The molecule has 0 aliphatic carbocycles. The van der Waals surface area contributed by atoms with Gasteiger partial charge in [-0.1, -0.05) is 112 Å². The van der Waals surface area contributed by atoms with E-state index in [1.807, 2.05) is 30.3 Å². The van der Waals surface area contributed by atoms with Crippen molar-refractivity contribution in [3.8, 4) is 0 Å². The summed E-state index contributed by atoms with van der Waals surface area (Å²) in [6.45, 7) is 10.3. The molecule has 3 unspecified atom stereocenters. The number of nitrogens with zero attached hydrogens (tertiary/aromatic N) is 1. The number of halogens is 4. The van der Waals surface area contributed by atoms with Crippen LogP contribution in [-0.2, 0) is 33.8 Å². The van der Waals surface area contributed by atoms with E-state index in [2.05, 4.69) is 80.0 Å². The van der Waals surface area contributed by atoms with E-state index in [1.165, 1.54) is 11.6 Å². The lowest BCUT2D eigenvalue weighted by molar-refractivity contribution is -0.138. The summed E-state index contributed by atoms with van der Waals surface area (Å²) < 4.78 is 20.9. The molecule has 286 valence electrons. The molecule has 1 heterocycles. The van der Waals surface area contributed by atoms with Crippen LogP contribution in [0.3, 0.4) is 0 Å². The molecule has 11 heteroatoms. The Kier molecular flexibility index (Phi) is 17.2. The average molecular weight is 786 g/mol. The number of aryl methyl sites for hydroxylation is 1. The molecule has 53 heavy (non-hydrogen) atoms. The normalized spacial score (nSPS) is 16.1. The third-order valence-corrected chi connectivity index (χ3v) is 9.17. The summed E-state index contributed by atoms with van der Waals surface area (Å²) in [6, 6.07) is 30.4. The van der Waals surface area contributed by atoms with Crippen molar-refractivity contribution in [2.45, 2.75) is 84.8 Å². The molecule has 5 rings (SSSR count). The van der Waals surface area contributed by atoms with Crippen LogP contribution in [0.25, 0.3) is 0 Å². The summed E-state index contributed by atoms with van der Waals surface area (Å²) in [6.07, 6.45) is 1.17. The van der Waals surface area contributed by atoms with Crippen LogP contribution in [0.2, 0.25) is 5.02 Å². The van der Waals surface area contributed by atoms with Crippen molar-refractivity contribution in [3.63, 3.8) is 0 Å². The number of amides is 2. The Hall–Kier alpha value is -3.50. The molecule has 3 atom stereocenters. The number of ether oxygens (including phenoxy) is 1. The minimum Gasteiger partial charge on any atom is -0.355 e. The molecule has 3 N–H and O–H groups in total. The number of anilines is 1. The number of hydrogen-bond donors (Lipinski definition) is 3. The number of rotatable bonds is 15. The van der Waals surface area contributed by atoms with Gasteiger partial charge in [-0.05, 0) is 72.2 Å². The van der Waals surface area contributed by atoms with Gasteiger partial charge in [-0.25, -0.2) is 4.39 Å². The summed E-state index contributed by atoms with van der Waals surface area (Å²) in [5.74, 6) is -1.12. The largest absolute Gasteiger partial charge is 0.355 e. The van der Waals surface area contributed by atoms with Crippen LogP contribution in [0, 0.1) is 11.2 Å². The minimum atomic E-state index is -1.09. The van der Waals surface area contributed by atoms with Gasteiger partial charge in [0.1, 0.15) is 18.0 Å². The monoisotopic (exact) mass is 784 g/mol. The van der Waals surface area contributed by atoms with Gasteiger partial charge in [0.2, 0.25) is 5.91 Å². The summed E-state index contributed by atoms with van der Waals surface area (Å²) in [4.78, 5) is 29.3. The van der Waals surface area contributed by atoms with E-state index in [9.17, 15) is 14.0 Å². The van der Waals surface area contributed by atoms with E-state index < -0.39 is 23.9 Å². The van der Waals surface area contributed by atoms with E-state index in [-0.39, 0.29) is 55.3 Å². The Morgan fingerprint density at radius 3 is 2.34 bits per heavy atom. The highest BCUT2D eigenvalue weighted by Crippen LogP contribution is 2.41. The van der Waals surface area contributed by atoms with Crippen LogP contribution >= 0.6 is 36.4 Å². The van der Waals surface area contributed by atoms with Gasteiger partial charge in [-0.15, -0.1) is 24.8 Å². The number of carbonyl (C=O) groups excluding carboxylic acids is 2. The molecule has 0 spiro atoms. The first-order valence-corrected chi connectivity index (χ1v) is 18.2. The summed E-state index contributed by atoms with van der Waals surface area (Å²) in [5, 5.41) is 10.6. The molecule has 0 radical (unpaired) electrons. The van der Waals surface area contributed by atoms with Crippen molar-refractivity contribution in [3.05, 3.63) is 136 Å². The van der Waals surface area contributed by atoms with Crippen molar-refractivity contribution in [2.75, 3.05) is 18.0 Å². The fourth-order valence-corrected chi connectivity index (χ4v) is 6.54. The lowest BCUT2D eigenvalue weighted by Gasteiger charge is -2.31. The van der Waals surface area contributed by atoms with Crippen LogP contribution in [0.15, 0.2) is 97.1 Å². The van der Waals surface area contributed by atoms with Gasteiger partial charge in [0.05, 0.1) is 12.6 Å². The molecule has 4 aromatic rings. The van der Waals surface area contributed by atoms with Crippen LogP contribution in [-0.4, -0.2) is 37.2 Å². The quantitative estimate of drug-likeness (QED) is 0.0829. The molecule has 1 aliphatic heterocycles. The molecule has 0 saturated carbocycles. The van der Waals surface area contributed by atoms with Crippen LogP contribution < -0.4 is 20.9 Å². The fourth-order valence-electron chi connectivity index (χ4n) is 6.36. The zero-order valence-electron chi connectivity index (χ0n) is 30.9. The Labute approximate surface area is 331 Å². The first-order chi connectivity index (χ1) is 24.5. The Morgan fingerprint density at radius 1 is 0.906 bits per heavy atom. The highest BCUT2D eigenvalue weighted by Gasteiger charge is 2.39. The first kappa shape index (κ1) is 43.9. The van der Waals surface area contributed by atoms with E-state index in [1.54, 1.807) is 29.2 Å². The fraction of sp³-hybridized carbons (Fsp3) is 0.381. The third-order valence-electron chi connectivity index (χ3n) is 8.93. The average Bonchev–Trinajstić information content (AvgIpc) is 3.21. The van der Waals surface area contributed by atoms with E-state index in [4.69, 9.17) is 16.3 Å². The first-order valence-electron chi connectivity index (χ1n) is 17.9. The molecule has 0 saturated heterocycles. The van der Waals surface area contributed by atoms with Crippen molar-refractivity contribution >= 4 is 53.9 Å². The number of benzene rings is 4. The van der Waals surface area contributed by atoms with Gasteiger partial charge in [0.15, 0.2) is 0 Å². The van der Waals surface area contributed by atoms with E-state index in [0.29, 0.717) is 29.4 Å². The second-order valence-electron chi connectivity index (χ2n) is 14.4. The van der Waals surface area contributed by atoms with Gasteiger partial charge in [-0.2, -0.15) is 0 Å². The second-order valence-corrected chi connectivity index (χ2v) is 14.8. The molecule has 2 amide bonds.